The maximum Gasteiger partial charge on any atom is 0.251 e. The Morgan fingerprint density at radius 2 is 1.94 bits per heavy atom. The first kappa shape index (κ1) is 14.3. The molecule has 0 unspecified atom stereocenters. The van der Waals surface area contributed by atoms with E-state index in [0.717, 1.165) is 6.54 Å². The standard InChI is InChI=1S/C12H16Cl2N2O/c1-8(2)15-5-6-16-12(17)9-3-4-10(13)11(14)7-9/h3-4,7-8,15H,5-6H2,1-2H3,(H,16,17). The van der Waals surface area contributed by atoms with Gasteiger partial charge in [0.15, 0.2) is 0 Å². The summed E-state index contributed by atoms with van der Waals surface area (Å²) in [5.41, 5.74) is 0.518. The Hall–Kier alpha value is -0.770. The van der Waals surface area contributed by atoms with Crippen molar-refractivity contribution in [1.29, 1.82) is 0 Å². The predicted molar refractivity (Wildman–Crippen MR) is 71.9 cm³/mol. The number of benzene rings is 1. The molecule has 1 aromatic carbocycles. The molecule has 0 heterocycles. The van der Waals surface area contributed by atoms with Gasteiger partial charge in [-0.15, -0.1) is 0 Å². The van der Waals surface area contributed by atoms with E-state index in [-0.39, 0.29) is 5.91 Å². The van der Waals surface area contributed by atoms with Gasteiger partial charge in [-0.05, 0) is 18.2 Å². The minimum atomic E-state index is -0.144. The SMILES string of the molecule is CC(C)NCCNC(=O)c1ccc(Cl)c(Cl)c1. The fourth-order valence-corrected chi connectivity index (χ4v) is 1.57. The summed E-state index contributed by atoms with van der Waals surface area (Å²) in [6.07, 6.45) is 0. The number of nitrogens with one attached hydrogen (secondary N) is 2. The average molecular weight is 275 g/mol. The van der Waals surface area contributed by atoms with E-state index >= 15 is 0 Å². The minimum absolute atomic E-state index is 0.144. The molecule has 0 bridgehead atoms. The molecule has 1 rings (SSSR count). The molecule has 0 atom stereocenters. The molecule has 0 aliphatic rings. The number of amides is 1. The second-order valence-electron chi connectivity index (χ2n) is 3.99. The number of hydrogen-bond acceptors (Lipinski definition) is 2. The van der Waals surface area contributed by atoms with Gasteiger partial charge in [0.2, 0.25) is 0 Å². The van der Waals surface area contributed by atoms with Crippen LogP contribution in [0.25, 0.3) is 0 Å². The number of halogens is 2. The van der Waals surface area contributed by atoms with Crippen molar-refractivity contribution in [2.75, 3.05) is 13.1 Å². The summed E-state index contributed by atoms with van der Waals surface area (Å²) >= 11 is 11.6. The summed E-state index contributed by atoms with van der Waals surface area (Å²) in [5.74, 6) is -0.144. The van der Waals surface area contributed by atoms with E-state index in [1.807, 2.05) is 0 Å². The monoisotopic (exact) mass is 274 g/mol. The van der Waals surface area contributed by atoms with Gasteiger partial charge in [0.25, 0.3) is 5.91 Å². The summed E-state index contributed by atoms with van der Waals surface area (Å²) < 4.78 is 0. The molecule has 0 saturated heterocycles. The molecule has 0 spiro atoms. The third-order valence-corrected chi connectivity index (χ3v) is 2.88. The third-order valence-electron chi connectivity index (χ3n) is 2.14. The molecule has 0 aliphatic carbocycles. The zero-order valence-corrected chi connectivity index (χ0v) is 11.4. The minimum Gasteiger partial charge on any atom is -0.351 e. The van der Waals surface area contributed by atoms with Crippen LogP contribution in [0.2, 0.25) is 10.0 Å². The van der Waals surface area contributed by atoms with E-state index in [0.29, 0.717) is 28.2 Å². The number of hydrogen-bond donors (Lipinski definition) is 2. The maximum atomic E-state index is 11.7. The molecule has 0 saturated carbocycles. The van der Waals surface area contributed by atoms with Crippen molar-refractivity contribution in [3.63, 3.8) is 0 Å². The largest absolute Gasteiger partial charge is 0.351 e. The highest BCUT2D eigenvalue weighted by molar-refractivity contribution is 6.42. The van der Waals surface area contributed by atoms with Crippen molar-refractivity contribution in [2.24, 2.45) is 0 Å². The van der Waals surface area contributed by atoms with Gasteiger partial charge in [0.1, 0.15) is 0 Å². The second-order valence-corrected chi connectivity index (χ2v) is 4.81. The topological polar surface area (TPSA) is 41.1 Å². The van der Waals surface area contributed by atoms with Crippen LogP contribution in [-0.4, -0.2) is 25.0 Å². The van der Waals surface area contributed by atoms with Crippen molar-refractivity contribution in [3.8, 4) is 0 Å². The van der Waals surface area contributed by atoms with Crippen LogP contribution in [-0.2, 0) is 0 Å². The fourth-order valence-electron chi connectivity index (χ4n) is 1.28. The van der Waals surface area contributed by atoms with Crippen molar-refractivity contribution in [3.05, 3.63) is 33.8 Å². The molecule has 1 aromatic rings. The van der Waals surface area contributed by atoms with Crippen LogP contribution in [0.1, 0.15) is 24.2 Å². The van der Waals surface area contributed by atoms with Gasteiger partial charge in [0, 0.05) is 24.7 Å². The molecule has 0 aliphatic heterocycles. The van der Waals surface area contributed by atoms with E-state index in [1.54, 1.807) is 18.2 Å². The summed E-state index contributed by atoms with van der Waals surface area (Å²) in [6, 6.07) is 5.25. The molecule has 1 amide bonds. The van der Waals surface area contributed by atoms with Crippen LogP contribution in [0.15, 0.2) is 18.2 Å². The predicted octanol–water partition coefficient (Wildman–Crippen LogP) is 2.72. The highest BCUT2D eigenvalue weighted by atomic mass is 35.5. The Morgan fingerprint density at radius 3 is 2.53 bits per heavy atom. The zero-order chi connectivity index (χ0) is 12.8. The number of rotatable bonds is 5. The van der Waals surface area contributed by atoms with Crippen LogP contribution in [0, 0.1) is 0 Å². The highest BCUT2D eigenvalue weighted by Crippen LogP contribution is 2.22. The number of carbonyl (C=O) groups excluding carboxylic acids is 1. The summed E-state index contributed by atoms with van der Waals surface area (Å²) in [4.78, 5) is 11.7. The van der Waals surface area contributed by atoms with E-state index in [1.165, 1.54) is 0 Å². The van der Waals surface area contributed by atoms with Gasteiger partial charge >= 0.3 is 0 Å². The molecule has 5 heteroatoms. The lowest BCUT2D eigenvalue weighted by atomic mass is 10.2. The van der Waals surface area contributed by atoms with Crippen LogP contribution in [0.4, 0.5) is 0 Å². The van der Waals surface area contributed by atoms with Crippen molar-refractivity contribution in [2.45, 2.75) is 19.9 Å². The van der Waals surface area contributed by atoms with Crippen LogP contribution >= 0.6 is 23.2 Å². The van der Waals surface area contributed by atoms with Crippen molar-refractivity contribution in [1.82, 2.24) is 10.6 Å². The fraction of sp³-hybridized carbons (Fsp3) is 0.417. The van der Waals surface area contributed by atoms with Gasteiger partial charge < -0.3 is 10.6 Å². The van der Waals surface area contributed by atoms with Gasteiger partial charge in [0.05, 0.1) is 10.0 Å². The Balaban J connectivity index is 2.44. The lowest BCUT2D eigenvalue weighted by Crippen LogP contribution is -2.34. The molecule has 2 N–H and O–H groups in total. The Labute approximate surface area is 111 Å². The maximum absolute atomic E-state index is 11.7. The molecule has 0 fully saturated rings. The van der Waals surface area contributed by atoms with Gasteiger partial charge in [-0.25, -0.2) is 0 Å². The molecule has 17 heavy (non-hydrogen) atoms. The zero-order valence-electron chi connectivity index (χ0n) is 9.89. The molecule has 0 radical (unpaired) electrons. The lowest BCUT2D eigenvalue weighted by Gasteiger charge is -2.09. The quantitative estimate of drug-likeness (QED) is 0.811. The highest BCUT2D eigenvalue weighted by Gasteiger charge is 2.07. The smallest absolute Gasteiger partial charge is 0.251 e. The van der Waals surface area contributed by atoms with Gasteiger partial charge in [-0.2, -0.15) is 0 Å². The molecule has 0 aromatic heterocycles. The molecule has 3 nitrogen and oxygen atoms in total. The van der Waals surface area contributed by atoms with Crippen LogP contribution in [0.5, 0.6) is 0 Å². The van der Waals surface area contributed by atoms with Gasteiger partial charge in [-0.3, -0.25) is 4.79 Å². The van der Waals surface area contributed by atoms with E-state index < -0.39 is 0 Å². The van der Waals surface area contributed by atoms with Crippen molar-refractivity contribution < 1.29 is 4.79 Å². The van der Waals surface area contributed by atoms with Crippen LogP contribution in [0.3, 0.4) is 0 Å². The summed E-state index contributed by atoms with van der Waals surface area (Å²) in [6.45, 7) is 5.43. The average Bonchev–Trinajstić information content (AvgIpc) is 2.27. The Bertz CT molecular complexity index is 394. The van der Waals surface area contributed by atoms with Crippen LogP contribution < -0.4 is 10.6 Å². The Morgan fingerprint density at radius 1 is 1.24 bits per heavy atom. The molecule has 94 valence electrons. The normalized spacial score (nSPS) is 10.6. The first-order chi connectivity index (χ1) is 8.00. The summed E-state index contributed by atoms with van der Waals surface area (Å²) in [5, 5.41) is 6.85. The number of carbonyl (C=O) groups is 1. The lowest BCUT2D eigenvalue weighted by molar-refractivity contribution is 0.0953. The molecular weight excluding hydrogens is 259 g/mol. The second kappa shape index (κ2) is 6.84. The first-order valence-corrected chi connectivity index (χ1v) is 6.23. The first-order valence-electron chi connectivity index (χ1n) is 5.47. The Kier molecular flexibility index (Phi) is 5.75. The van der Waals surface area contributed by atoms with Crippen molar-refractivity contribution >= 4 is 29.1 Å². The van der Waals surface area contributed by atoms with E-state index in [4.69, 9.17) is 23.2 Å². The third kappa shape index (κ3) is 4.94. The molecular formula is C12H16Cl2N2O. The van der Waals surface area contributed by atoms with E-state index in [9.17, 15) is 4.79 Å². The van der Waals surface area contributed by atoms with Gasteiger partial charge in [-0.1, -0.05) is 37.0 Å². The summed E-state index contributed by atoms with van der Waals surface area (Å²) in [7, 11) is 0. The van der Waals surface area contributed by atoms with E-state index in [2.05, 4.69) is 24.5 Å².